The molecule has 0 aliphatic carbocycles. The Labute approximate surface area is 177 Å². The first kappa shape index (κ1) is 21.0. The van der Waals surface area contributed by atoms with Crippen molar-refractivity contribution in [2.75, 3.05) is 24.5 Å². The van der Waals surface area contributed by atoms with E-state index < -0.39 is 0 Å². The van der Waals surface area contributed by atoms with E-state index >= 15 is 0 Å². The molecule has 1 aliphatic heterocycles. The van der Waals surface area contributed by atoms with Crippen molar-refractivity contribution in [2.45, 2.75) is 39.8 Å². The van der Waals surface area contributed by atoms with Gasteiger partial charge in [0, 0.05) is 36.2 Å². The smallest absolute Gasteiger partial charge is 0.191 e. The van der Waals surface area contributed by atoms with Gasteiger partial charge in [0.15, 0.2) is 5.96 Å². The summed E-state index contributed by atoms with van der Waals surface area (Å²) in [5, 5.41) is 6.95. The van der Waals surface area contributed by atoms with E-state index in [1.165, 1.54) is 16.1 Å². The fourth-order valence-corrected chi connectivity index (χ4v) is 3.71. The predicted molar refractivity (Wildman–Crippen MR) is 122 cm³/mol. The molecule has 5 nitrogen and oxygen atoms in total. The van der Waals surface area contributed by atoms with Crippen molar-refractivity contribution in [3.63, 3.8) is 0 Å². The molecule has 0 amide bonds. The van der Waals surface area contributed by atoms with Crippen molar-refractivity contribution in [2.24, 2.45) is 4.99 Å². The molecule has 1 atom stereocenters. The number of guanidine groups is 1. The van der Waals surface area contributed by atoms with E-state index in [1.54, 1.807) is 11.3 Å². The molecule has 26 heavy (non-hydrogen) atoms. The maximum Gasteiger partial charge on any atom is 0.191 e. The van der Waals surface area contributed by atoms with Gasteiger partial charge in [-0.2, -0.15) is 0 Å². The predicted octanol–water partition coefficient (Wildman–Crippen LogP) is 3.71. The Morgan fingerprint density at radius 2 is 2.08 bits per heavy atom. The number of aryl methyl sites for hydroxylation is 2. The van der Waals surface area contributed by atoms with Gasteiger partial charge in [-0.15, -0.1) is 35.3 Å². The molecule has 2 aromatic rings. The Morgan fingerprint density at radius 3 is 2.73 bits per heavy atom. The van der Waals surface area contributed by atoms with Gasteiger partial charge in [-0.25, -0.2) is 9.98 Å². The molecule has 3 rings (SSSR count). The summed E-state index contributed by atoms with van der Waals surface area (Å²) < 4.78 is 0. The first-order valence-electron chi connectivity index (χ1n) is 8.91. The van der Waals surface area contributed by atoms with Crippen LogP contribution in [0, 0.1) is 13.8 Å². The summed E-state index contributed by atoms with van der Waals surface area (Å²) in [7, 11) is 0. The number of benzene rings is 1. The lowest BCUT2D eigenvalue weighted by atomic mass is 10.2. The third-order valence-corrected chi connectivity index (χ3v) is 5.42. The number of nitrogens with zero attached hydrogens (tertiary/aromatic N) is 3. The molecule has 7 heteroatoms. The maximum atomic E-state index is 4.74. The second-order valence-electron chi connectivity index (χ2n) is 6.47. The molecule has 1 aliphatic rings. The molecular weight excluding hydrogens is 457 g/mol. The van der Waals surface area contributed by atoms with Crippen LogP contribution in [0.5, 0.6) is 0 Å². The van der Waals surface area contributed by atoms with Gasteiger partial charge in [-0.3, -0.25) is 0 Å². The Hall–Kier alpha value is -1.35. The van der Waals surface area contributed by atoms with Crippen molar-refractivity contribution in [1.29, 1.82) is 0 Å². The minimum Gasteiger partial charge on any atom is -0.369 e. The number of anilines is 1. The second kappa shape index (κ2) is 10.1. The number of aliphatic imine (C=N–C) groups is 1. The summed E-state index contributed by atoms with van der Waals surface area (Å²) in [5.74, 6) is 0.894. The quantitative estimate of drug-likeness (QED) is 0.385. The molecule has 1 aromatic carbocycles. The third-order valence-electron chi connectivity index (χ3n) is 4.50. The number of halogens is 1. The van der Waals surface area contributed by atoms with Gasteiger partial charge in [0.2, 0.25) is 0 Å². The van der Waals surface area contributed by atoms with Crippen molar-refractivity contribution in [3.8, 4) is 0 Å². The van der Waals surface area contributed by atoms with Crippen molar-refractivity contribution in [3.05, 3.63) is 45.9 Å². The van der Waals surface area contributed by atoms with Gasteiger partial charge in [-0.1, -0.05) is 17.7 Å². The standard InChI is InChI=1S/C19H27N5S.HI/c1-4-20-19(21-11-18-15(3)22-13-25-18)23-16-9-10-24(12-16)17-7-5-14(2)6-8-17;/h5-8,13,16H,4,9-12H2,1-3H3,(H2,20,21,23);1H. The van der Waals surface area contributed by atoms with Crippen LogP contribution in [0.25, 0.3) is 0 Å². The molecule has 0 radical (unpaired) electrons. The number of nitrogens with one attached hydrogen (secondary N) is 2. The average Bonchev–Trinajstić information content (AvgIpc) is 3.23. The molecule has 0 bridgehead atoms. The first-order chi connectivity index (χ1) is 12.2. The lowest BCUT2D eigenvalue weighted by molar-refractivity contribution is 0.649. The molecule has 1 saturated heterocycles. The zero-order chi connectivity index (χ0) is 17.6. The third kappa shape index (κ3) is 5.57. The first-order valence-corrected chi connectivity index (χ1v) is 9.79. The Bertz CT molecular complexity index is 713. The topological polar surface area (TPSA) is 52.6 Å². The number of aromatic nitrogens is 1. The van der Waals surface area contributed by atoms with Crippen LogP contribution >= 0.6 is 35.3 Å². The number of rotatable bonds is 5. The van der Waals surface area contributed by atoms with E-state index in [0.29, 0.717) is 12.6 Å². The highest BCUT2D eigenvalue weighted by atomic mass is 127. The summed E-state index contributed by atoms with van der Waals surface area (Å²) >= 11 is 1.67. The highest BCUT2D eigenvalue weighted by Crippen LogP contribution is 2.20. The fraction of sp³-hybridized carbons (Fsp3) is 0.474. The summed E-state index contributed by atoms with van der Waals surface area (Å²) in [4.78, 5) is 12.7. The molecule has 2 N–H and O–H groups in total. The van der Waals surface area contributed by atoms with Crippen LogP contribution in [0.1, 0.15) is 29.5 Å². The van der Waals surface area contributed by atoms with Gasteiger partial charge in [0.1, 0.15) is 0 Å². The van der Waals surface area contributed by atoms with E-state index in [4.69, 9.17) is 4.99 Å². The van der Waals surface area contributed by atoms with Crippen LogP contribution in [0.3, 0.4) is 0 Å². The van der Waals surface area contributed by atoms with Crippen molar-refractivity contribution < 1.29 is 0 Å². The molecule has 1 aromatic heterocycles. The molecule has 1 unspecified atom stereocenters. The van der Waals surface area contributed by atoms with Crippen molar-refractivity contribution >= 4 is 47.0 Å². The maximum absolute atomic E-state index is 4.74. The highest BCUT2D eigenvalue weighted by molar-refractivity contribution is 14.0. The Kier molecular flexibility index (Phi) is 8.15. The summed E-state index contributed by atoms with van der Waals surface area (Å²) in [6, 6.07) is 9.20. The number of hydrogen-bond donors (Lipinski definition) is 2. The van der Waals surface area contributed by atoms with Gasteiger partial charge < -0.3 is 15.5 Å². The monoisotopic (exact) mass is 485 g/mol. The second-order valence-corrected chi connectivity index (χ2v) is 7.41. The molecule has 2 heterocycles. The van der Waals surface area contributed by atoms with Crippen LogP contribution in [-0.2, 0) is 6.54 Å². The molecule has 0 saturated carbocycles. The van der Waals surface area contributed by atoms with E-state index in [0.717, 1.165) is 37.7 Å². The largest absolute Gasteiger partial charge is 0.369 e. The van der Waals surface area contributed by atoms with E-state index in [-0.39, 0.29) is 24.0 Å². The van der Waals surface area contributed by atoms with Gasteiger partial charge in [0.05, 0.1) is 17.7 Å². The summed E-state index contributed by atoms with van der Waals surface area (Å²) in [6.45, 7) is 9.89. The minimum absolute atomic E-state index is 0. The zero-order valence-corrected chi connectivity index (χ0v) is 18.8. The van der Waals surface area contributed by atoms with Crippen LogP contribution in [0.2, 0.25) is 0 Å². The summed E-state index contributed by atoms with van der Waals surface area (Å²) in [6.07, 6.45) is 1.12. The van der Waals surface area contributed by atoms with Crippen LogP contribution in [-0.4, -0.2) is 36.6 Å². The molecular formula is C19H28IN5S. The van der Waals surface area contributed by atoms with E-state index in [1.807, 2.05) is 12.4 Å². The van der Waals surface area contributed by atoms with Gasteiger partial charge in [0.25, 0.3) is 0 Å². The zero-order valence-electron chi connectivity index (χ0n) is 15.7. The SMILES string of the molecule is CCNC(=NCc1scnc1C)NC1CCN(c2ccc(C)cc2)C1.I. The molecule has 0 spiro atoms. The van der Waals surface area contributed by atoms with Crippen LogP contribution in [0.4, 0.5) is 5.69 Å². The van der Waals surface area contributed by atoms with Gasteiger partial charge >= 0.3 is 0 Å². The number of hydrogen-bond acceptors (Lipinski definition) is 4. The highest BCUT2D eigenvalue weighted by Gasteiger charge is 2.23. The van der Waals surface area contributed by atoms with E-state index in [9.17, 15) is 0 Å². The van der Waals surface area contributed by atoms with Crippen LogP contribution in [0.15, 0.2) is 34.8 Å². The fourth-order valence-electron chi connectivity index (χ4n) is 3.01. The Morgan fingerprint density at radius 1 is 1.31 bits per heavy atom. The Balaban J connectivity index is 0.00000243. The molecule has 1 fully saturated rings. The van der Waals surface area contributed by atoms with E-state index in [2.05, 4.69) is 58.6 Å². The minimum atomic E-state index is 0. The number of thiazole rings is 1. The normalized spacial score (nSPS) is 17.1. The van der Waals surface area contributed by atoms with Crippen LogP contribution < -0.4 is 15.5 Å². The summed E-state index contributed by atoms with van der Waals surface area (Å²) in [5.41, 5.74) is 5.57. The average molecular weight is 485 g/mol. The lowest BCUT2D eigenvalue weighted by Crippen LogP contribution is -2.44. The molecule has 142 valence electrons. The van der Waals surface area contributed by atoms with Crippen molar-refractivity contribution in [1.82, 2.24) is 15.6 Å². The lowest BCUT2D eigenvalue weighted by Gasteiger charge is -2.20. The van der Waals surface area contributed by atoms with Gasteiger partial charge in [-0.05, 0) is 39.3 Å².